The van der Waals surface area contributed by atoms with Crippen LogP contribution in [0.15, 0.2) is 30.3 Å². The highest BCUT2D eigenvalue weighted by Gasteiger charge is 2.43. The molecule has 0 radical (unpaired) electrons. The first-order valence-corrected chi connectivity index (χ1v) is 7.64. The summed E-state index contributed by atoms with van der Waals surface area (Å²) in [6, 6.07) is 8.52. The molecule has 1 aromatic rings. The Hall–Kier alpha value is -2.02. The van der Waals surface area contributed by atoms with Crippen molar-refractivity contribution in [3.8, 4) is 0 Å². The molecule has 1 aliphatic heterocycles. The lowest BCUT2D eigenvalue weighted by Crippen LogP contribution is -2.56. The molecule has 112 valence electrons. The minimum Gasteiger partial charge on any atom is -0.479 e. The van der Waals surface area contributed by atoms with Gasteiger partial charge in [0.05, 0.1) is 6.54 Å². The maximum absolute atomic E-state index is 11.8. The molecule has 1 atom stereocenters. The summed E-state index contributed by atoms with van der Waals surface area (Å²) in [5.74, 6) is -0.848. The fraction of sp³-hybridized carbons (Fsp3) is 0.357. The van der Waals surface area contributed by atoms with Gasteiger partial charge in [-0.2, -0.15) is 11.8 Å². The molecular formula is C14H16N2O4S. The topological polar surface area (TPSA) is 95.5 Å². The van der Waals surface area contributed by atoms with Crippen LogP contribution in [0.2, 0.25) is 0 Å². The van der Waals surface area contributed by atoms with E-state index in [4.69, 9.17) is 0 Å². The molecule has 1 saturated heterocycles. The van der Waals surface area contributed by atoms with Crippen LogP contribution < -0.4 is 10.6 Å². The van der Waals surface area contributed by atoms with Gasteiger partial charge in [0.15, 0.2) is 0 Å². The van der Waals surface area contributed by atoms with Gasteiger partial charge in [-0.1, -0.05) is 18.2 Å². The number of aliphatic carboxylic acids is 1. The van der Waals surface area contributed by atoms with Crippen molar-refractivity contribution in [2.75, 3.05) is 18.1 Å². The Bertz CT molecular complexity index is 541. The van der Waals surface area contributed by atoms with Crippen LogP contribution in [-0.4, -0.2) is 46.5 Å². The van der Waals surface area contributed by atoms with Gasteiger partial charge in [0, 0.05) is 11.3 Å². The van der Waals surface area contributed by atoms with Crippen molar-refractivity contribution in [1.82, 2.24) is 10.6 Å². The zero-order valence-electron chi connectivity index (χ0n) is 11.3. The average Bonchev–Trinajstić information content (AvgIpc) is 2.95. The summed E-state index contributed by atoms with van der Waals surface area (Å²) in [5.41, 5.74) is -0.756. The lowest BCUT2D eigenvalue weighted by atomic mass is 9.99. The molecule has 1 fully saturated rings. The fourth-order valence-electron chi connectivity index (χ4n) is 2.05. The Labute approximate surface area is 126 Å². The van der Waals surface area contributed by atoms with Gasteiger partial charge >= 0.3 is 5.97 Å². The lowest BCUT2D eigenvalue weighted by Gasteiger charge is -2.24. The molecule has 0 aliphatic carbocycles. The van der Waals surface area contributed by atoms with Crippen molar-refractivity contribution in [1.29, 1.82) is 0 Å². The number of carbonyl (C=O) groups excluding carboxylic acids is 2. The summed E-state index contributed by atoms with van der Waals surface area (Å²) < 4.78 is 0. The number of nitrogens with one attached hydrogen (secondary N) is 2. The lowest BCUT2D eigenvalue weighted by molar-refractivity contribution is -0.146. The second-order valence-electron chi connectivity index (χ2n) is 4.79. The third-order valence-electron chi connectivity index (χ3n) is 3.26. The Morgan fingerprint density at radius 2 is 1.95 bits per heavy atom. The number of thioether (sulfide) groups is 1. The van der Waals surface area contributed by atoms with Crippen LogP contribution in [-0.2, 0) is 9.59 Å². The van der Waals surface area contributed by atoms with Crippen LogP contribution in [0.3, 0.4) is 0 Å². The minimum absolute atomic E-state index is 0.243. The van der Waals surface area contributed by atoms with Gasteiger partial charge < -0.3 is 15.7 Å². The quantitative estimate of drug-likeness (QED) is 0.736. The van der Waals surface area contributed by atoms with Crippen molar-refractivity contribution in [2.45, 2.75) is 12.0 Å². The van der Waals surface area contributed by atoms with E-state index >= 15 is 0 Å². The van der Waals surface area contributed by atoms with Gasteiger partial charge in [0.25, 0.3) is 5.91 Å². The van der Waals surface area contributed by atoms with Gasteiger partial charge in [0.1, 0.15) is 5.54 Å². The van der Waals surface area contributed by atoms with Gasteiger partial charge in [-0.3, -0.25) is 9.59 Å². The molecular weight excluding hydrogens is 292 g/mol. The molecule has 1 unspecified atom stereocenters. The fourth-order valence-corrected chi connectivity index (χ4v) is 3.37. The summed E-state index contributed by atoms with van der Waals surface area (Å²) in [6.07, 6.45) is 0.394. The molecule has 0 bridgehead atoms. The summed E-state index contributed by atoms with van der Waals surface area (Å²) in [7, 11) is 0. The Balaban J connectivity index is 1.87. The summed E-state index contributed by atoms with van der Waals surface area (Å²) >= 11 is 1.49. The van der Waals surface area contributed by atoms with E-state index < -0.39 is 17.4 Å². The predicted molar refractivity (Wildman–Crippen MR) is 79.2 cm³/mol. The van der Waals surface area contributed by atoms with Crippen LogP contribution in [0.5, 0.6) is 0 Å². The molecule has 2 rings (SSSR count). The van der Waals surface area contributed by atoms with Crippen LogP contribution in [0, 0.1) is 0 Å². The molecule has 1 aromatic carbocycles. The molecule has 0 saturated carbocycles. The number of benzene rings is 1. The number of hydrogen-bond donors (Lipinski definition) is 3. The molecule has 7 heteroatoms. The number of carboxylic acid groups (broad SMARTS) is 1. The van der Waals surface area contributed by atoms with Crippen LogP contribution in [0.25, 0.3) is 0 Å². The molecule has 2 amide bonds. The molecule has 3 N–H and O–H groups in total. The molecule has 1 aliphatic rings. The Morgan fingerprint density at radius 1 is 1.24 bits per heavy atom. The summed E-state index contributed by atoms with van der Waals surface area (Å²) in [4.78, 5) is 34.9. The van der Waals surface area contributed by atoms with Crippen LogP contribution in [0.4, 0.5) is 0 Å². The zero-order chi connectivity index (χ0) is 15.3. The molecule has 21 heavy (non-hydrogen) atoms. The minimum atomic E-state index is -1.21. The van der Waals surface area contributed by atoms with E-state index in [0.717, 1.165) is 0 Å². The van der Waals surface area contributed by atoms with Crippen molar-refractivity contribution in [3.05, 3.63) is 35.9 Å². The van der Waals surface area contributed by atoms with E-state index in [9.17, 15) is 19.5 Å². The van der Waals surface area contributed by atoms with Gasteiger partial charge in [-0.25, -0.2) is 4.79 Å². The second-order valence-corrected chi connectivity index (χ2v) is 5.89. The Morgan fingerprint density at radius 3 is 2.52 bits per heavy atom. The highest BCUT2D eigenvalue weighted by atomic mass is 32.2. The molecule has 6 nitrogen and oxygen atoms in total. The standard InChI is InChI=1S/C14H16N2O4S/c17-11(16-14(13(19)20)6-7-21-9-14)8-15-12(18)10-4-2-1-3-5-10/h1-5H,6-9H2,(H,15,18)(H,16,17)(H,19,20). The second kappa shape index (κ2) is 6.62. The first-order chi connectivity index (χ1) is 10.0. The number of rotatable bonds is 5. The first kappa shape index (κ1) is 15.4. The average molecular weight is 308 g/mol. The van der Waals surface area contributed by atoms with E-state index in [1.165, 1.54) is 11.8 Å². The molecule has 0 aromatic heterocycles. The van der Waals surface area contributed by atoms with Crippen LogP contribution in [0.1, 0.15) is 16.8 Å². The predicted octanol–water partition coefficient (Wildman–Crippen LogP) is 0.493. The molecule has 0 spiro atoms. The smallest absolute Gasteiger partial charge is 0.330 e. The van der Waals surface area contributed by atoms with Gasteiger partial charge in [-0.05, 0) is 24.3 Å². The summed E-state index contributed by atoms with van der Waals surface area (Å²) in [5, 5.41) is 14.3. The van der Waals surface area contributed by atoms with Crippen LogP contribution >= 0.6 is 11.8 Å². The number of amides is 2. The maximum atomic E-state index is 11.8. The van der Waals surface area contributed by atoms with E-state index in [-0.39, 0.29) is 12.5 Å². The van der Waals surface area contributed by atoms with Crippen molar-refractivity contribution >= 4 is 29.5 Å². The highest BCUT2D eigenvalue weighted by Crippen LogP contribution is 2.28. The van der Waals surface area contributed by atoms with Crippen molar-refractivity contribution < 1.29 is 19.5 Å². The normalized spacial score (nSPS) is 20.8. The van der Waals surface area contributed by atoms with E-state index in [0.29, 0.717) is 23.5 Å². The number of hydrogen-bond acceptors (Lipinski definition) is 4. The highest BCUT2D eigenvalue weighted by molar-refractivity contribution is 7.99. The Kier molecular flexibility index (Phi) is 4.85. The van der Waals surface area contributed by atoms with Gasteiger partial charge in [-0.15, -0.1) is 0 Å². The number of carbonyl (C=O) groups is 3. The third kappa shape index (κ3) is 3.75. The zero-order valence-corrected chi connectivity index (χ0v) is 12.1. The SMILES string of the molecule is O=C(CNC(=O)c1ccccc1)NC1(C(=O)O)CCSC1. The van der Waals surface area contributed by atoms with Crippen molar-refractivity contribution in [3.63, 3.8) is 0 Å². The maximum Gasteiger partial charge on any atom is 0.330 e. The monoisotopic (exact) mass is 308 g/mol. The van der Waals surface area contributed by atoms with E-state index in [1.54, 1.807) is 30.3 Å². The number of carboxylic acids is 1. The van der Waals surface area contributed by atoms with E-state index in [1.807, 2.05) is 0 Å². The summed E-state index contributed by atoms with van der Waals surface area (Å²) in [6.45, 7) is -0.243. The van der Waals surface area contributed by atoms with Crippen molar-refractivity contribution in [2.24, 2.45) is 0 Å². The van der Waals surface area contributed by atoms with Gasteiger partial charge in [0.2, 0.25) is 5.91 Å². The van der Waals surface area contributed by atoms with E-state index in [2.05, 4.69) is 10.6 Å². The third-order valence-corrected chi connectivity index (χ3v) is 4.44. The molecule has 1 heterocycles. The first-order valence-electron chi connectivity index (χ1n) is 6.49. The largest absolute Gasteiger partial charge is 0.479 e.